The van der Waals surface area contributed by atoms with Crippen LogP contribution in [0.5, 0.6) is 0 Å². The molecule has 2 rings (SSSR count). The van der Waals surface area contributed by atoms with Crippen LogP contribution in [0, 0.1) is 5.92 Å². The zero-order chi connectivity index (χ0) is 14.7. The van der Waals surface area contributed by atoms with Crippen molar-refractivity contribution in [2.24, 2.45) is 5.92 Å². The van der Waals surface area contributed by atoms with Gasteiger partial charge in [0.25, 0.3) is 0 Å². The van der Waals surface area contributed by atoms with E-state index in [-0.39, 0.29) is 5.43 Å². The molecule has 2 aromatic rings. The summed E-state index contributed by atoms with van der Waals surface area (Å²) in [6.07, 6.45) is 0.906. The van der Waals surface area contributed by atoms with Crippen molar-refractivity contribution >= 4 is 16.6 Å². The van der Waals surface area contributed by atoms with Gasteiger partial charge in [-0.05, 0) is 44.4 Å². The van der Waals surface area contributed by atoms with Gasteiger partial charge in [-0.15, -0.1) is 0 Å². The Morgan fingerprint density at radius 1 is 1.15 bits per heavy atom. The summed E-state index contributed by atoms with van der Waals surface area (Å²) in [7, 11) is 0. The van der Waals surface area contributed by atoms with Gasteiger partial charge in [0.1, 0.15) is 0 Å². The van der Waals surface area contributed by atoms with Crippen LogP contribution in [0.25, 0.3) is 10.9 Å². The minimum absolute atomic E-state index is 0.114. The van der Waals surface area contributed by atoms with E-state index in [0.29, 0.717) is 5.92 Å². The fourth-order valence-electron chi connectivity index (χ4n) is 2.63. The van der Waals surface area contributed by atoms with Gasteiger partial charge in [-0.25, -0.2) is 0 Å². The number of nitrogens with zero attached hydrogens (tertiary/aromatic N) is 1. The van der Waals surface area contributed by atoms with E-state index in [0.717, 1.165) is 41.8 Å². The Bertz CT molecular complexity index is 639. The van der Waals surface area contributed by atoms with E-state index in [1.807, 2.05) is 12.1 Å². The first kappa shape index (κ1) is 14.6. The van der Waals surface area contributed by atoms with Crippen LogP contribution < -0.4 is 10.3 Å². The molecular formula is C17H24N2O. The number of fused-ring (bicyclic) bond motifs is 1. The highest BCUT2D eigenvalue weighted by atomic mass is 16.1. The first-order valence-electron chi connectivity index (χ1n) is 7.46. The number of benzene rings is 1. The van der Waals surface area contributed by atoms with Crippen LogP contribution in [0.15, 0.2) is 29.1 Å². The van der Waals surface area contributed by atoms with Crippen molar-refractivity contribution in [1.82, 2.24) is 4.98 Å². The van der Waals surface area contributed by atoms with Crippen LogP contribution in [0.4, 0.5) is 5.69 Å². The van der Waals surface area contributed by atoms with Crippen LogP contribution in [-0.4, -0.2) is 18.1 Å². The van der Waals surface area contributed by atoms with Crippen LogP contribution >= 0.6 is 0 Å². The number of hydrogen-bond acceptors (Lipinski definition) is 2. The minimum atomic E-state index is 0.114. The summed E-state index contributed by atoms with van der Waals surface area (Å²) in [5.41, 5.74) is 3.19. The third kappa shape index (κ3) is 3.03. The van der Waals surface area contributed by atoms with Gasteiger partial charge in [0.05, 0.1) is 0 Å². The monoisotopic (exact) mass is 272 g/mol. The predicted octanol–water partition coefficient (Wildman–Crippen LogP) is 3.57. The lowest BCUT2D eigenvalue weighted by atomic mass is 10.1. The topological polar surface area (TPSA) is 36.1 Å². The first-order valence-corrected chi connectivity index (χ1v) is 7.46. The number of rotatable bonds is 5. The van der Waals surface area contributed by atoms with Gasteiger partial charge in [-0.3, -0.25) is 4.79 Å². The van der Waals surface area contributed by atoms with Crippen LogP contribution in [0.2, 0.25) is 0 Å². The maximum Gasteiger partial charge on any atom is 0.189 e. The lowest BCUT2D eigenvalue weighted by Gasteiger charge is -2.21. The highest BCUT2D eigenvalue weighted by Crippen LogP contribution is 2.19. The summed E-state index contributed by atoms with van der Waals surface area (Å²) in [6, 6.07) is 7.85. The van der Waals surface area contributed by atoms with Crippen molar-refractivity contribution in [3.8, 4) is 0 Å². The summed E-state index contributed by atoms with van der Waals surface area (Å²) in [5, 5.41) is 0.780. The largest absolute Gasteiger partial charge is 0.372 e. The fourth-order valence-corrected chi connectivity index (χ4v) is 2.63. The molecule has 0 unspecified atom stereocenters. The van der Waals surface area contributed by atoms with Gasteiger partial charge in [0.2, 0.25) is 0 Å². The number of aromatic amines is 1. The summed E-state index contributed by atoms with van der Waals surface area (Å²) in [4.78, 5) is 17.9. The van der Waals surface area contributed by atoms with Crippen molar-refractivity contribution in [3.05, 3.63) is 40.2 Å². The highest BCUT2D eigenvalue weighted by Gasteiger charge is 2.07. The molecule has 1 heterocycles. The van der Waals surface area contributed by atoms with Crippen molar-refractivity contribution < 1.29 is 0 Å². The second-order valence-electron chi connectivity index (χ2n) is 5.66. The molecule has 0 aliphatic rings. The molecule has 0 bridgehead atoms. The number of hydrogen-bond donors (Lipinski definition) is 1. The number of nitrogens with one attached hydrogen (secondary N) is 1. The summed E-state index contributed by atoms with van der Waals surface area (Å²) in [6.45, 7) is 10.5. The van der Waals surface area contributed by atoms with E-state index in [9.17, 15) is 4.79 Å². The quantitative estimate of drug-likeness (QED) is 0.903. The molecule has 0 radical (unpaired) electrons. The smallest absolute Gasteiger partial charge is 0.189 e. The van der Waals surface area contributed by atoms with Gasteiger partial charge >= 0.3 is 0 Å². The molecule has 1 N–H and O–H groups in total. The first-order chi connectivity index (χ1) is 9.55. The van der Waals surface area contributed by atoms with E-state index < -0.39 is 0 Å². The van der Waals surface area contributed by atoms with E-state index in [2.05, 4.69) is 43.6 Å². The zero-order valence-electron chi connectivity index (χ0n) is 12.9. The van der Waals surface area contributed by atoms with Crippen molar-refractivity contribution in [3.63, 3.8) is 0 Å². The van der Waals surface area contributed by atoms with Gasteiger partial charge < -0.3 is 9.88 Å². The Balaban J connectivity index is 2.49. The molecule has 0 saturated heterocycles. The van der Waals surface area contributed by atoms with Crippen LogP contribution in [0.1, 0.15) is 33.4 Å². The zero-order valence-corrected chi connectivity index (χ0v) is 12.9. The van der Waals surface area contributed by atoms with Crippen molar-refractivity contribution in [1.29, 1.82) is 0 Å². The van der Waals surface area contributed by atoms with Crippen LogP contribution in [0.3, 0.4) is 0 Å². The molecule has 0 amide bonds. The lowest BCUT2D eigenvalue weighted by Crippen LogP contribution is -2.22. The molecule has 0 spiro atoms. The summed E-state index contributed by atoms with van der Waals surface area (Å²) >= 11 is 0. The molecule has 108 valence electrons. The third-order valence-corrected chi connectivity index (χ3v) is 3.63. The Hall–Kier alpha value is -1.77. The van der Waals surface area contributed by atoms with Crippen molar-refractivity contribution in [2.75, 3.05) is 18.0 Å². The average molecular weight is 272 g/mol. The minimum Gasteiger partial charge on any atom is -0.372 e. The Morgan fingerprint density at radius 3 is 2.45 bits per heavy atom. The molecule has 0 atom stereocenters. The normalized spacial score (nSPS) is 11.2. The molecular weight excluding hydrogens is 248 g/mol. The number of aromatic nitrogens is 1. The standard InChI is InChI=1S/C17H24N2O/c1-5-19(6-2)14-7-8-16-15(11-14)17(20)10-13(18-16)9-12(3)4/h7-8,10-12H,5-6,9H2,1-4H3,(H,18,20). The predicted molar refractivity (Wildman–Crippen MR) is 86.7 cm³/mol. The van der Waals surface area contributed by atoms with Gasteiger partial charge in [0.15, 0.2) is 5.43 Å². The van der Waals surface area contributed by atoms with Gasteiger partial charge in [-0.1, -0.05) is 13.8 Å². The molecule has 3 heteroatoms. The molecule has 1 aromatic carbocycles. The van der Waals surface area contributed by atoms with E-state index in [1.165, 1.54) is 0 Å². The third-order valence-electron chi connectivity index (χ3n) is 3.63. The highest BCUT2D eigenvalue weighted by molar-refractivity contribution is 5.82. The molecule has 3 nitrogen and oxygen atoms in total. The average Bonchev–Trinajstić information content (AvgIpc) is 2.40. The second kappa shape index (κ2) is 6.12. The van der Waals surface area contributed by atoms with E-state index in [1.54, 1.807) is 6.07 Å². The maximum atomic E-state index is 12.3. The maximum absolute atomic E-state index is 12.3. The number of pyridine rings is 1. The van der Waals surface area contributed by atoms with Crippen molar-refractivity contribution in [2.45, 2.75) is 34.1 Å². The fraction of sp³-hybridized carbons (Fsp3) is 0.471. The number of H-pyrrole nitrogens is 1. The Morgan fingerprint density at radius 2 is 1.85 bits per heavy atom. The molecule has 0 aliphatic heterocycles. The van der Waals surface area contributed by atoms with E-state index in [4.69, 9.17) is 0 Å². The Labute approximate surface area is 120 Å². The molecule has 0 fully saturated rings. The Kier molecular flexibility index (Phi) is 4.48. The lowest BCUT2D eigenvalue weighted by molar-refractivity contribution is 0.636. The summed E-state index contributed by atoms with van der Waals surface area (Å²) < 4.78 is 0. The van der Waals surface area contributed by atoms with E-state index >= 15 is 0 Å². The molecule has 0 aliphatic carbocycles. The van der Waals surface area contributed by atoms with Gasteiger partial charge in [-0.2, -0.15) is 0 Å². The SMILES string of the molecule is CCN(CC)c1ccc2[nH]c(CC(C)C)cc(=O)c2c1. The molecule has 0 saturated carbocycles. The molecule has 1 aromatic heterocycles. The molecule has 20 heavy (non-hydrogen) atoms. The summed E-state index contributed by atoms with van der Waals surface area (Å²) in [5.74, 6) is 0.540. The van der Waals surface area contributed by atoms with Gasteiger partial charge in [0, 0.05) is 41.4 Å². The second-order valence-corrected chi connectivity index (χ2v) is 5.66. The number of anilines is 1. The van der Waals surface area contributed by atoms with Crippen LogP contribution in [-0.2, 0) is 6.42 Å².